The fraction of sp³-hybridized carbons (Fsp3) is 0.520. The highest BCUT2D eigenvalue weighted by atomic mass is 16.5. The summed E-state index contributed by atoms with van der Waals surface area (Å²) < 4.78 is 11.3. The Bertz CT molecular complexity index is 3230. The second kappa shape index (κ2) is 44.5. The molecule has 24 nitrogen and oxygen atoms in total. The Labute approximate surface area is 583 Å². The van der Waals surface area contributed by atoms with Crippen LogP contribution in [0.5, 0.6) is 0 Å². The average Bonchev–Trinajstić information content (AvgIpc) is 0.862. The minimum Gasteiger partial charge on any atom is -0.480 e. The van der Waals surface area contributed by atoms with Crippen molar-refractivity contribution in [3.63, 3.8) is 0 Å². The van der Waals surface area contributed by atoms with Gasteiger partial charge >= 0.3 is 23.9 Å². The summed E-state index contributed by atoms with van der Waals surface area (Å²) in [5.41, 5.74) is 18.3. The first-order valence-electron chi connectivity index (χ1n) is 34.8. The number of carboxylic acid groups (broad SMARTS) is 4. The normalized spacial score (nSPS) is 16.8. The van der Waals surface area contributed by atoms with Gasteiger partial charge in [-0.3, -0.25) is 67.8 Å². The quantitative estimate of drug-likeness (QED) is 0.0333. The van der Waals surface area contributed by atoms with E-state index in [2.05, 4.69) is 15.9 Å². The van der Waals surface area contributed by atoms with Crippen molar-refractivity contribution in [1.82, 2.24) is 39.2 Å². The number of ketones is 4. The summed E-state index contributed by atoms with van der Waals surface area (Å²) in [6.45, 7) is 15.5. The highest BCUT2D eigenvalue weighted by Gasteiger charge is 2.24. The Morgan fingerprint density at radius 2 is 0.677 bits per heavy atom. The number of carbonyl (C=O) groups is 8. The zero-order valence-electron chi connectivity index (χ0n) is 58.1. The molecule has 0 unspecified atom stereocenters. The molecule has 99 heavy (non-hydrogen) atoms. The van der Waals surface area contributed by atoms with E-state index in [1.165, 1.54) is 0 Å². The van der Waals surface area contributed by atoms with Crippen molar-refractivity contribution < 1.29 is 68.3 Å². The SMILES string of the molecule is CCN1CCN(CC(=O)O)CCN(CC(=O)CCc2ccc(COCC(=O)[C@H](N)CCc3ccccc3)cc2)CCN(CC(=O)O)CC1.CCN1CCN(CC(=O)O)CCN(CC(=O)CCc2ccc(COCC(=O)[C@H](N)Cc3ccc4ccccc4c3)cc2)CCN(CC(=O)O)CC1. The van der Waals surface area contributed by atoms with Gasteiger partial charge in [0.2, 0.25) is 0 Å². The monoisotopic (exact) mass is 1370 g/mol. The molecule has 2 aliphatic rings. The van der Waals surface area contributed by atoms with Gasteiger partial charge in [0.25, 0.3) is 0 Å². The molecule has 0 aliphatic carbocycles. The number of hydrogen-bond donors (Lipinski definition) is 6. The third kappa shape index (κ3) is 32.5. The minimum absolute atomic E-state index is 0.0397. The smallest absolute Gasteiger partial charge is 0.317 e. The number of carboxylic acids is 4. The van der Waals surface area contributed by atoms with Crippen LogP contribution in [-0.2, 0) is 86.7 Å². The molecule has 5 aromatic rings. The molecular weight excluding hydrogens is 1260 g/mol. The summed E-state index contributed by atoms with van der Waals surface area (Å²) >= 11 is 0. The van der Waals surface area contributed by atoms with E-state index < -0.39 is 36.0 Å². The van der Waals surface area contributed by atoms with Crippen LogP contribution in [0.4, 0.5) is 0 Å². The number of fused-ring (bicyclic) bond motifs is 1. The van der Waals surface area contributed by atoms with Crippen LogP contribution in [0, 0.1) is 0 Å². The summed E-state index contributed by atoms with van der Waals surface area (Å²) in [6.07, 6.45) is 3.60. The number of aliphatic carboxylic acids is 4. The standard InChI is InChI=1S/C39H53N5O7.C36H53N5O7/c1-2-41-15-17-43(26-38(47)48)21-19-42(20-22-44(18-16-41)27-39(49)50)25-35(45)14-12-30-7-9-31(10-8-30)28-51-29-37(46)36(40)24-32-11-13-33-5-3-4-6-34(33)23-32;1-2-38-16-18-40(25-35(44)45)22-20-39(21-23-41(19-17-38)26-36(46)47)24-32(42)14-12-30-8-10-31(11-9-30)27-48-28-34(43)33(37)15-13-29-6-4-3-5-7-29/h3-11,13,23,36H,2,12,14-22,24-29,40H2,1H3,(H,47,48)(H,49,50);3-11,33H,2,12-28,37H2,1H3,(H,44,45)(H,46,47)/t36-;33-/m11/s1. The number of benzene rings is 5. The van der Waals surface area contributed by atoms with Gasteiger partial charge < -0.3 is 51.2 Å². The van der Waals surface area contributed by atoms with E-state index in [1.807, 2.05) is 159 Å². The van der Waals surface area contributed by atoms with Crippen molar-refractivity contribution in [2.24, 2.45) is 11.5 Å². The summed E-state index contributed by atoms with van der Waals surface area (Å²) in [5, 5.41) is 40.0. The van der Waals surface area contributed by atoms with Gasteiger partial charge in [-0.1, -0.05) is 135 Å². The lowest BCUT2D eigenvalue weighted by Crippen LogP contribution is -2.48. The average molecular weight is 1370 g/mol. The topological polar surface area (TPSA) is 314 Å². The molecule has 540 valence electrons. The second-order valence-corrected chi connectivity index (χ2v) is 25.9. The van der Waals surface area contributed by atoms with Gasteiger partial charge in [-0.05, 0) is 89.3 Å². The lowest BCUT2D eigenvalue weighted by molar-refractivity contribution is -0.139. The zero-order valence-corrected chi connectivity index (χ0v) is 58.1. The molecule has 24 heteroatoms. The molecule has 5 aromatic carbocycles. The molecule has 0 radical (unpaired) electrons. The van der Waals surface area contributed by atoms with E-state index in [0.717, 1.165) is 63.7 Å². The van der Waals surface area contributed by atoms with E-state index in [-0.39, 0.29) is 82.2 Å². The number of hydrogen-bond acceptors (Lipinski definition) is 20. The van der Waals surface area contributed by atoms with E-state index >= 15 is 0 Å². The number of aryl methyl sites for hydroxylation is 3. The van der Waals surface area contributed by atoms with Crippen LogP contribution < -0.4 is 11.5 Å². The highest BCUT2D eigenvalue weighted by Crippen LogP contribution is 2.18. The van der Waals surface area contributed by atoms with E-state index in [0.29, 0.717) is 150 Å². The van der Waals surface area contributed by atoms with Crippen molar-refractivity contribution in [2.75, 3.05) is 170 Å². The third-order valence-electron chi connectivity index (χ3n) is 18.1. The second-order valence-electron chi connectivity index (χ2n) is 25.9. The van der Waals surface area contributed by atoms with Gasteiger partial charge in [-0.25, -0.2) is 0 Å². The molecule has 2 fully saturated rings. The number of ether oxygens (including phenoxy) is 2. The van der Waals surface area contributed by atoms with Crippen molar-refractivity contribution in [1.29, 1.82) is 0 Å². The molecular formula is C75H106N10O14. The number of Topliss-reactive ketones (excluding diaryl/α,β-unsaturated/α-hetero) is 4. The van der Waals surface area contributed by atoms with Crippen molar-refractivity contribution in [3.8, 4) is 0 Å². The number of carbonyl (C=O) groups excluding carboxylic acids is 4. The zero-order chi connectivity index (χ0) is 71.3. The Kier molecular flexibility index (Phi) is 36.2. The van der Waals surface area contributed by atoms with Gasteiger partial charge in [0, 0.05) is 118 Å². The van der Waals surface area contributed by atoms with Gasteiger partial charge in [0.1, 0.15) is 24.8 Å². The van der Waals surface area contributed by atoms with Crippen molar-refractivity contribution in [2.45, 2.75) is 84.1 Å². The summed E-state index contributed by atoms with van der Waals surface area (Å²) in [5.74, 6) is -3.67. The molecule has 0 spiro atoms. The highest BCUT2D eigenvalue weighted by molar-refractivity contribution is 5.87. The van der Waals surface area contributed by atoms with Crippen molar-refractivity contribution in [3.05, 3.63) is 155 Å². The maximum Gasteiger partial charge on any atom is 0.317 e. The molecule has 8 N–H and O–H groups in total. The molecule has 2 aliphatic heterocycles. The molecule has 2 heterocycles. The molecule has 2 saturated heterocycles. The number of nitrogens with zero attached hydrogens (tertiary/aromatic N) is 8. The van der Waals surface area contributed by atoms with Gasteiger partial charge in [-0.2, -0.15) is 0 Å². The third-order valence-corrected chi connectivity index (χ3v) is 18.1. The van der Waals surface area contributed by atoms with E-state index in [9.17, 15) is 58.8 Å². The Balaban J connectivity index is 0.000000313. The van der Waals surface area contributed by atoms with Crippen LogP contribution >= 0.6 is 0 Å². The largest absolute Gasteiger partial charge is 0.480 e. The summed E-state index contributed by atoms with van der Waals surface area (Å²) in [7, 11) is 0. The first-order chi connectivity index (χ1) is 47.7. The number of likely N-dealkylation sites (N-methyl/N-ethyl adjacent to an activating group) is 2. The van der Waals surface area contributed by atoms with Crippen LogP contribution in [0.3, 0.4) is 0 Å². The van der Waals surface area contributed by atoms with Gasteiger partial charge in [-0.15, -0.1) is 0 Å². The number of rotatable bonds is 35. The lowest BCUT2D eigenvalue weighted by Gasteiger charge is -2.33. The molecule has 7 rings (SSSR count). The predicted octanol–water partition coefficient (Wildman–Crippen LogP) is 4.05. The molecule has 0 amide bonds. The first-order valence-corrected chi connectivity index (χ1v) is 34.8. The molecule has 0 aromatic heterocycles. The molecule has 0 saturated carbocycles. The molecule has 0 bridgehead atoms. The van der Waals surface area contributed by atoms with Crippen LogP contribution in [0.2, 0.25) is 0 Å². The Morgan fingerprint density at radius 3 is 1.05 bits per heavy atom. The predicted molar refractivity (Wildman–Crippen MR) is 381 cm³/mol. The van der Waals surface area contributed by atoms with Crippen molar-refractivity contribution >= 4 is 57.8 Å². The fourth-order valence-corrected chi connectivity index (χ4v) is 11.9. The van der Waals surface area contributed by atoms with Crippen LogP contribution in [-0.4, -0.2) is 289 Å². The maximum absolute atomic E-state index is 13.1. The fourth-order valence-electron chi connectivity index (χ4n) is 11.9. The first kappa shape index (κ1) is 80.4. The summed E-state index contributed by atoms with van der Waals surface area (Å²) in [4.78, 5) is 113. The van der Waals surface area contributed by atoms with Gasteiger partial charge in [0.15, 0.2) is 11.6 Å². The van der Waals surface area contributed by atoms with Crippen LogP contribution in [0.1, 0.15) is 66.5 Å². The van der Waals surface area contributed by atoms with Gasteiger partial charge in [0.05, 0.1) is 64.6 Å². The Morgan fingerprint density at radius 1 is 0.364 bits per heavy atom. The Hall–Kier alpha value is -7.56. The minimum atomic E-state index is -0.886. The van der Waals surface area contributed by atoms with E-state index in [4.69, 9.17) is 20.9 Å². The maximum atomic E-state index is 13.1. The van der Waals surface area contributed by atoms with Crippen LogP contribution in [0.25, 0.3) is 10.8 Å². The van der Waals surface area contributed by atoms with E-state index in [1.54, 1.807) is 0 Å². The number of nitrogens with two attached hydrogens (primary N) is 2. The lowest BCUT2D eigenvalue weighted by atomic mass is 10.0. The van der Waals surface area contributed by atoms with Crippen LogP contribution in [0.15, 0.2) is 121 Å². The molecule has 2 atom stereocenters. The summed E-state index contributed by atoms with van der Waals surface area (Å²) in [6, 6.07) is 38.5.